The Hall–Kier alpha value is -3.65. The fourth-order valence-electron chi connectivity index (χ4n) is 5.32. The van der Waals surface area contributed by atoms with Crippen molar-refractivity contribution in [2.24, 2.45) is 5.92 Å². The average molecular weight is 569 g/mol. The van der Waals surface area contributed by atoms with E-state index in [9.17, 15) is 14.3 Å². The number of carboxylic acid groups (broad SMARTS) is 1. The summed E-state index contributed by atoms with van der Waals surface area (Å²) in [7, 11) is 0. The number of aromatic amines is 1. The van der Waals surface area contributed by atoms with Crippen LogP contribution in [0.2, 0.25) is 5.02 Å². The van der Waals surface area contributed by atoms with Crippen LogP contribution in [0.15, 0.2) is 54.6 Å². The van der Waals surface area contributed by atoms with Crippen LogP contribution in [0.1, 0.15) is 57.4 Å². The highest BCUT2D eigenvalue weighted by Crippen LogP contribution is 2.41. The van der Waals surface area contributed by atoms with Crippen molar-refractivity contribution in [1.82, 2.24) is 9.97 Å². The third-order valence-corrected chi connectivity index (χ3v) is 7.80. The SMILES string of the molecule is CC(C)(Oc1ccc(OCC(c2c(F)c(F)cc3[nH]c(-c4ccc(Cl)cc4)nc23)C2CCCCC2)cc1)C(=O)O. The number of hydrogen-bond donors (Lipinski definition) is 2. The van der Waals surface area contributed by atoms with E-state index in [0.29, 0.717) is 33.4 Å². The Balaban J connectivity index is 1.47. The lowest BCUT2D eigenvalue weighted by Crippen LogP contribution is -2.37. The standard InChI is InChI=1S/C31H31ClF2N2O4/c1-31(2,30(37)38)40-22-14-12-21(13-15-22)39-17-23(18-6-4-3-5-7-18)26-27(34)24(33)16-25-28(26)36-29(35-25)19-8-10-20(32)11-9-19/h8-16,18,23H,3-7,17H2,1-2H3,(H,35,36)(H,37,38). The van der Waals surface area contributed by atoms with E-state index < -0.39 is 29.1 Å². The van der Waals surface area contributed by atoms with Crippen molar-refractivity contribution < 1.29 is 28.2 Å². The van der Waals surface area contributed by atoms with Crippen LogP contribution in [-0.4, -0.2) is 33.3 Å². The molecule has 1 aromatic heterocycles. The number of aliphatic carboxylic acids is 1. The molecule has 4 aromatic rings. The van der Waals surface area contributed by atoms with Gasteiger partial charge in [-0.3, -0.25) is 0 Å². The molecule has 1 aliphatic carbocycles. The van der Waals surface area contributed by atoms with E-state index in [1.165, 1.54) is 13.8 Å². The van der Waals surface area contributed by atoms with Crippen LogP contribution in [0.4, 0.5) is 8.78 Å². The van der Waals surface area contributed by atoms with Gasteiger partial charge in [0, 0.05) is 28.1 Å². The summed E-state index contributed by atoms with van der Waals surface area (Å²) in [6, 6.07) is 14.8. The minimum Gasteiger partial charge on any atom is -0.493 e. The molecule has 1 atom stereocenters. The largest absolute Gasteiger partial charge is 0.493 e. The number of nitrogens with one attached hydrogen (secondary N) is 1. The van der Waals surface area contributed by atoms with Gasteiger partial charge in [0.05, 0.1) is 17.6 Å². The maximum Gasteiger partial charge on any atom is 0.347 e. The van der Waals surface area contributed by atoms with Gasteiger partial charge < -0.3 is 19.6 Å². The number of carbonyl (C=O) groups is 1. The number of benzene rings is 3. The molecule has 0 bridgehead atoms. The van der Waals surface area contributed by atoms with E-state index in [1.54, 1.807) is 48.5 Å². The van der Waals surface area contributed by atoms with Crippen LogP contribution in [0.5, 0.6) is 11.5 Å². The van der Waals surface area contributed by atoms with Crippen LogP contribution < -0.4 is 9.47 Å². The molecule has 1 aliphatic rings. The van der Waals surface area contributed by atoms with Gasteiger partial charge in [-0.2, -0.15) is 0 Å². The number of rotatable bonds is 9. The molecule has 3 aromatic carbocycles. The van der Waals surface area contributed by atoms with E-state index in [4.69, 9.17) is 26.1 Å². The summed E-state index contributed by atoms with van der Waals surface area (Å²) >= 11 is 6.03. The van der Waals surface area contributed by atoms with Crippen molar-refractivity contribution in [2.75, 3.05) is 6.61 Å². The molecule has 0 saturated heterocycles. The molecule has 1 heterocycles. The minimum absolute atomic E-state index is 0.0999. The van der Waals surface area contributed by atoms with Crippen LogP contribution in [-0.2, 0) is 4.79 Å². The van der Waals surface area contributed by atoms with E-state index in [2.05, 4.69) is 4.98 Å². The molecular formula is C31H31ClF2N2O4. The lowest BCUT2D eigenvalue weighted by molar-refractivity contribution is -0.152. The molecule has 2 N–H and O–H groups in total. The Morgan fingerprint density at radius 3 is 2.38 bits per heavy atom. The fourth-order valence-corrected chi connectivity index (χ4v) is 5.45. The van der Waals surface area contributed by atoms with Crippen molar-refractivity contribution in [3.8, 4) is 22.9 Å². The van der Waals surface area contributed by atoms with Crippen molar-refractivity contribution in [2.45, 2.75) is 57.5 Å². The predicted octanol–water partition coefficient (Wildman–Crippen LogP) is 8.15. The summed E-state index contributed by atoms with van der Waals surface area (Å²) in [4.78, 5) is 19.2. The quantitative estimate of drug-likeness (QED) is 0.213. The Labute approximate surface area is 236 Å². The van der Waals surface area contributed by atoms with Crippen LogP contribution >= 0.6 is 11.6 Å². The highest BCUT2D eigenvalue weighted by molar-refractivity contribution is 6.30. The van der Waals surface area contributed by atoms with Gasteiger partial charge in [0.15, 0.2) is 17.2 Å². The third-order valence-electron chi connectivity index (χ3n) is 7.55. The second kappa shape index (κ2) is 11.5. The summed E-state index contributed by atoms with van der Waals surface area (Å²) in [5.74, 6) is -1.85. The first-order valence-corrected chi connectivity index (χ1v) is 13.8. The number of aromatic nitrogens is 2. The van der Waals surface area contributed by atoms with Gasteiger partial charge >= 0.3 is 5.97 Å². The van der Waals surface area contributed by atoms with Gasteiger partial charge in [0.25, 0.3) is 0 Å². The summed E-state index contributed by atoms with van der Waals surface area (Å²) in [5, 5.41) is 9.89. The second-order valence-electron chi connectivity index (χ2n) is 10.8. The highest BCUT2D eigenvalue weighted by Gasteiger charge is 2.33. The molecule has 6 nitrogen and oxygen atoms in total. The number of carboxylic acids is 1. The number of imidazole rings is 1. The number of halogens is 3. The zero-order chi connectivity index (χ0) is 28.4. The minimum atomic E-state index is -1.39. The topological polar surface area (TPSA) is 84.4 Å². The molecule has 9 heteroatoms. The maximum atomic E-state index is 15.6. The van der Waals surface area contributed by atoms with Crippen LogP contribution in [0.25, 0.3) is 22.4 Å². The molecule has 0 spiro atoms. The Bertz CT molecular complexity index is 1500. The van der Waals surface area contributed by atoms with Gasteiger partial charge in [0.2, 0.25) is 0 Å². The Kier molecular flexibility index (Phi) is 7.99. The van der Waals surface area contributed by atoms with Gasteiger partial charge in [-0.25, -0.2) is 18.6 Å². The number of H-pyrrole nitrogens is 1. The van der Waals surface area contributed by atoms with E-state index >= 15 is 4.39 Å². The summed E-state index contributed by atoms with van der Waals surface area (Å²) in [6.45, 7) is 3.07. The smallest absolute Gasteiger partial charge is 0.347 e. The molecule has 1 saturated carbocycles. The summed E-state index contributed by atoms with van der Waals surface area (Å²) < 4.78 is 42.3. The molecule has 210 valence electrons. The number of ether oxygens (including phenoxy) is 2. The van der Waals surface area contributed by atoms with E-state index in [-0.39, 0.29) is 18.1 Å². The second-order valence-corrected chi connectivity index (χ2v) is 11.2. The molecular weight excluding hydrogens is 538 g/mol. The van der Waals surface area contributed by atoms with Crippen molar-refractivity contribution >= 4 is 28.6 Å². The lowest BCUT2D eigenvalue weighted by atomic mass is 9.76. The maximum absolute atomic E-state index is 15.6. The number of hydrogen-bond acceptors (Lipinski definition) is 4. The van der Waals surface area contributed by atoms with Gasteiger partial charge in [-0.15, -0.1) is 0 Å². The van der Waals surface area contributed by atoms with Gasteiger partial charge in [-0.05, 0) is 81.1 Å². The molecule has 0 radical (unpaired) electrons. The first-order valence-electron chi connectivity index (χ1n) is 13.4. The van der Waals surface area contributed by atoms with Crippen molar-refractivity contribution in [3.05, 3.63) is 76.8 Å². The summed E-state index contributed by atoms with van der Waals surface area (Å²) in [5.41, 5.74) is 0.404. The third kappa shape index (κ3) is 5.92. The van der Waals surface area contributed by atoms with Gasteiger partial charge in [-0.1, -0.05) is 30.9 Å². The number of fused-ring (bicyclic) bond motifs is 1. The molecule has 0 aliphatic heterocycles. The van der Waals surface area contributed by atoms with E-state index in [1.807, 2.05) is 0 Å². The van der Waals surface area contributed by atoms with Crippen molar-refractivity contribution in [1.29, 1.82) is 0 Å². The van der Waals surface area contributed by atoms with Gasteiger partial charge in [0.1, 0.15) is 17.3 Å². The average Bonchev–Trinajstić information content (AvgIpc) is 3.35. The predicted molar refractivity (Wildman–Crippen MR) is 150 cm³/mol. The first kappa shape index (κ1) is 27.9. The number of nitrogens with zero attached hydrogens (tertiary/aromatic N) is 1. The monoisotopic (exact) mass is 568 g/mol. The zero-order valence-corrected chi connectivity index (χ0v) is 23.1. The van der Waals surface area contributed by atoms with E-state index in [0.717, 1.165) is 43.7 Å². The lowest BCUT2D eigenvalue weighted by Gasteiger charge is -2.31. The Morgan fingerprint density at radius 1 is 1.07 bits per heavy atom. The molecule has 1 fully saturated rings. The highest BCUT2D eigenvalue weighted by atomic mass is 35.5. The zero-order valence-electron chi connectivity index (χ0n) is 22.3. The fraction of sp³-hybridized carbons (Fsp3) is 0.355. The Morgan fingerprint density at radius 2 is 1.73 bits per heavy atom. The molecule has 1 unspecified atom stereocenters. The molecule has 0 amide bonds. The van der Waals surface area contributed by atoms with Crippen molar-refractivity contribution in [3.63, 3.8) is 0 Å². The first-order chi connectivity index (χ1) is 19.1. The van der Waals surface area contributed by atoms with Crippen LogP contribution in [0.3, 0.4) is 0 Å². The summed E-state index contributed by atoms with van der Waals surface area (Å²) in [6.07, 6.45) is 4.92. The molecule has 5 rings (SSSR count). The normalized spacial score (nSPS) is 15.2. The van der Waals surface area contributed by atoms with Crippen LogP contribution in [0, 0.1) is 17.6 Å². The molecule has 40 heavy (non-hydrogen) atoms.